The van der Waals surface area contributed by atoms with Crippen LogP contribution < -0.4 is 0 Å². The Labute approximate surface area is 88.9 Å². The SMILES string of the molecule is CC(C)(O)c1cc(Br)c(F)c(O)c1O. The molecule has 0 aromatic heterocycles. The van der Waals surface area contributed by atoms with Crippen molar-refractivity contribution in [2.24, 2.45) is 0 Å². The van der Waals surface area contributed by atoms with Gasteiger partial charge >= 0.3 is 0 Å². The molecule has 0 atom stereocenters. The number of hydrogen-bond donors (Lipinski definition) is 3. The molecule has 0 saturated heterocycles. The molecule has 0 fully saturated rings. The summed E-state index contributed by atoms with van der Waals surface area (Å²) >= 11 is 2.87. The van der Waals surface area contributed by atoms with Crippen molar-refractivity contribution in [3.05, 3.63) is 21.9 Å². The van der Waals surface area contributed by atoms with Crippen molar-refractivity contribution < 1.29 is 19.7 Å². The first kappa shape index (κ1) is 11.3. The molecule has 3 N–H and O–H groups in total. The third kappa shape index (κ3) is 1.83. The minimum atomic E-state index is -1.35. The van der Waals surface area contributed by atoms with Crippen molar-refractivity contribution in [1.82, 2.24) is 0 Å². The summed E-state index contributed by atoms with van der Waals surface area (Å²) in [5.74, 6) is -2.45. The van der Waals surface area contributed by atoms with Crippen LogP contribution in [-0.4, -0.2) is 15.3 Å². The van der Waals surface area contributed by atoms with Gasteiger partial charge in [-0.2, -0.15) is 0 Å². The van der Waals surface area contributed by atoms with Crippen molar-refractivity contribution in [3.63, 3.8) is 0 Å². The molecule has 0 saturated carbocycles. The average Bonchev–Trinajstić information content (AvgIpc) is 2.06. The summed E-state index contributed by atoms with van der Waals surface area (Å²) in [5, 5.41) is 28.1. The Hall–Kier alpha value is -0.810. The van der Waals surface area contributed by atoms with E-state index < -0.39 is 22.9 Å². The third-order valence-corrected chi connectivity index (χ3v) is 2.40. The smallest absolute Gasteiger partial charge is 0.195 e. The molecule has 0 bridgehead atoms. The maximum Gasteiger partial charge on any atom is 0.195 e. The maximum absolute atomic E-state index is 13.0. The molecular formula is C9H10BrFO3. The van der Waals surface area contributed by atoms with Crippen LogP contribution in [0.5, 0.6) is 11.5 Å². The zero-order chi connectivity index (χ0) is 11.1. The van der Waals surface area contributed by atoms with Gasteiger partial charge in [0.25, 0.3) is 0 Å². The van der Waals surface area contributed by atoms with Gasteiger partial charge in [0.1, 0.15) is 0 Å². The van der Waals surface area contributed by atoms with Crippen LogP contribution in [0, 0.1) is 5.82 Å². The van der Waals surface area contributed by atoms with E-state index in [0.717, 1.165) is 0 Å². The van der Waals surface area contributed by atoms with Crippen molar-refractivity contribution in [1.29, 1.82) is 0 Å². The first-order valence-electron chi connectivity index (χ1n) is 3.88. The van der Waals surface area contributed by atoms with Gasteiger partial charge in [-0.15, -0.1) is 0 Å². The Morgan fingerprint density at radius 2 is 1.79 bits per heavy atom. The van der Waals surface area contributed by atoms with Gasteiger partial charge in [-0.3, -0.25) is 0 Å². The molecule has 0 heterocycles. The molecule has 1 aromatic carbocycles. The van der Waals surface area contributed by atoms with E-state index in [0.29, 0.717) is 0 Å². The van der Waals surface area contributed by atoms with Gasteiger partial charge < -0.3 is 15.3 Å². The van der Waals surface area contributed by atoms with E-state index in [-0.39, 0.29) is 10.0 Å². The van der Waals surface area contributed by atoms with Crippen LogP contribution in [-0.2, 0) is 5.60 Å². The lowest BCUT2D eigenvalue weighted by molar-refractivity contribution is 0.0750. The highest BCUT2D eigenvalue weighted by atomic mass is 79.9. The molecule has 3 nitrogen and oxygen atoms in total. The molecule has 1 rings (SSSR count). The molecule has 0 aliphatic rings. The maximum atomic E-state index is 13.0. The number of rotatable bonds is 1. The molecule has 0 unspecified atom stereocenters. The number of benzene rings is 1. The summed E-state index contributed by atoms with van der Waals surface area (Å²) in [5.41, 5.74) is -1.29. The third-order valence-electron chi connectivity index (χ3n) is 1.83. The van der Waals surface area contributed by atoms with Gasteiger partial charge in [0.05, 0.1) is 10.1 Å². The second-order valence-corrected chi connectivity index (χ2v) is 4.33. The van der Waals surface area contributed by atoms with Crippen molar-refractivity contribution in [2.45, 2.75) is 19.4 Å². The first-order valence-corrected chi connectivity index (χ1v) is 4.67. The van der Waals surface area contributed by atoms with Gasteiger partial charge in [-0.1, -0.05) is 0 Å². The summed E-state index contributed by atoms with van der Waals surface area (Å²) in [7, 11) is 0. The summed E-state index contributed by atoms with van der Waals surface area (Å²) in [6.45, 7) is 2.84. The zero-order valence-corrected chi connectivity index (χ0v) is 9.26. The number of halogens is 2. The topological polar surface area (TPSA) is 60.7 Å². The van der Waals surface area contributed by atoms with Crippen LogP contribution in [0.15, 0.2) is 10.5 Å². The monoisotopic (exact) mass is 264 g/mol. The minimum Gasteiger partial charge on any atom is -0.504 e. The van der Waals surface area contributed by atoms with Gasteiger partial charge in [-0.25, -0.2) is 4.39 Å². The molecule has 0 aliphatic heterocycles. The summed E-state index contributed by atoms with van der Waals surface area (Å²) < 4.78 is 13.0. The van der Waals surface area contributed by atoms with Crippen LogP contribution in [0.3, 0.4) is 0 Å². The van der Waals surface area contributed by atoms with Crippen LogP contribution in [0.25, 0.3) is 0 Å². The molecular weight excluding hydrogens is 255 g/mol. The highest BCUT2D eigenvalue weighted by molar-refractivity contribution is 9.10. The fraction of sp³-hybridized carbons (Fsp3) is 0.333. The predicted molar refractivity (Wildman–Crippen MR) is 52.7 cm³/mol. The standard InChI is InChI=1S/C9H10BrFO3/c1-9(2,14)4-3-5(10)6(11)8(13)7(4)12/h3,12-14H,1-2H3. The van der Waals surface area contributed by atoms with Gasteiger partial charge in [0.2, 0.25) is 0 Å². The number of aliphatic hydroxyl groups is 1. The number of phenolic OH excluding ortho intramolecular Hbond substituents is 2. The van der Waals surface area contributed by atoms with E-state index in [9.17, 15) is 14.6 Å². The van der Waals surface area contributed by atoms with Gasteiger partial charge in [0, 0.05) is 5.56 Å². The minimum absolute atomic E-state index is 0.00933. The highest BCUT2D eigenvalue weighted by Crippen LogP contribution is 2.40. The van der Waals surface area contributed by atoms with Crippen molar-refractivity contribution in [2.75, 3.05) is 0 Å². The van der Waals surface area contributed by atoms with Crippen molar-refractivity contribution in [3.8, 4) is 11.5 Å². The lowest BCUT2D eigenvalue weighted by Crippen LogP contribution is -2.16. The molecule has 0 spiro atoms. The molecule has 14 heavy (non-hydrogen) atoms. The molecule has 0 radical (unpaired) electrons. The van der Waals surface area contributed by atoms with Crippen molar-refractivity contribution >= 4 is 15.9 Å². The Kier molecular flexibility index (Phi) is 2.74. The summed E-state index contributed by atoms with van der Waals surface area (Å²) in [6.07, 6.45) is 0. The zero-order valence-electron chi connectivity index (χ0n) is 7.67. The Morgan fingerprint density at radius 3 is 2.21 bits per heavy atom. The van der Waals surface area contributed by atoms with E-state index in [1.807, 2.05) is 0 Å². The number of aromatic hydroxyl groups is 2. The van der Waals surface area contributed by atoms with Gasteiger partial charge in [-0.05, 0) is 35.8 Å². The molecule has 5 heteroatoms. The summed E-state index contributed by atoms with van der Waals surface area (Å²) in [4.78, 5) is 0. The Bertz CT molecular complexity index is 371. The fourth-order valence-electron chi connectivity index (χ4n) is 1.07. The van der Waals surface area contributed by atoms with E-state index in [1.54, 1.807) is 0 Å². The molecule has 78 valence electrons. The lowest BCUT2D eigenvalue weighted by Gasteiger charge is -2.20. The second kappa shape index (κ2) is 3.40. The quantitative estimate of drug-likeness (QED) is 0.682. The van der Waals surface area contributed by atoms with Gasteiger partial charge in [0.15, 0.2) is 17.3 Å². The van der Waals surface area contributed by atoms with Crippen LogP contribution >= 0.6 is 15.9 Å². The van der Waals surface area contributed by atoms with E-state index in [1.165, 1.54) is 19.9 Å². The molecule has 0 aliphatic carbocycles. The second-order valence-electron chi connectivity index (χ2n) is 3.48. The number of phenols is 2. The first-order chi connectivity index (χ1) is 6.25. The van der Waals surface area contributed by atoms with E-state index in [2.05, 4.69) is 15.9 Å². The largest absolute Gasteiger partial charge is 0.504 e. The lowest BCUT2D eigenvalue weighted by atomic mass is 9.97. The average molecular weight is 265 g/mol. The summed E-state index contributed by atoms with van der Waals surface area (Å²) in [6, 6.07) is 1.23. The molecule has 1 aromatic rings. The normalized spacial score (nSPS) is 11.8. The highest BCUT2D eigenvalue weighted by Gasteiger charge is 2.25. The van der Waals surface area contributed by atoms with Crippen LogP contribution in [0.1, 0.15) is 19.4 Å². The van der Waals surface area contributed by atoms with Crippen LogP contribution in [0.4, 0.5) is 4.39 Å². The Balaban J connectivity index is 3.49. The number of hydrogen-bond acceptors (Lipinski definition) is 3. The van der Waals surface area contributed by atoms with Crippen LogP contribution in [0.2, 0.25) is 0 Å². The van der Waals surface area contributed by atoms with E-state index in [4.69, 9.17) is 5.11 Å². The van der Waals surface area contributed by atoms with E-state index >= 15 is 0 Å². The predicted octanol–water partition coefficient (Wildman–Crippen LogP) is 2.23. The Morgan fingerprint density at radius 1 is 1.29 bits per heavy atom. The fourth-order valence-corrected chi connectivity index (χ4v) is 1.49. The molecule has 0 amide bonds.